The maximum Gasteiger partial charge on any atom is 0.329 e. The number of amides is 1. The molecule has 1 spiro atoms. The molecule has 0 saturated carbocycles. The van der Waals surface area contributed by atoms with E-state index in [1.165, 1.54) is 37.8 Å². The Morgan fingerprint density at radius 1 is 1.33 bits per heavy atom. The quantitative estimate of drug-likeness (QED) is 0.196. The van der Waals surface area contributed by atoms with E-state index < -0.39 is 29.8 Å². The van der Waals surface area contributed by atoms with Crippen LogP contribution < -0.4 is 5.32 Å². The second-order valence-electron chi connectivity index (χ2n) is 8.55. The SMILES string of the molecule is CCCCCC[C@@H](C)/C=C(C)/C=C/C(=O)N[C@H]1C[C@]2(C=C(Cl)C(=O)[C@@H]3O[C@@H]32)OC1=O. The van der Waals surface area contributed by atoms with E-state index in [1.807, 2.05) is 6.92 Å². The number of unbranched alkanes of at least 4 members (excludes halogenated alkanes) is 3. The number of nitrogens with one attached hydrogen (secondary N) is 1. The number of Topliss-reactive ketones (excluding diaryl/α,β-unsaturated/α-hetero) is 1. The first-order valence-electron chi connectivity index (χ1n) is 10.7. The lowest BCUT2D eigenvalue weighted by Gasteiger charge is -2.24. The van der Waals surface area contributed by atoms with E-state index in [-0.39, 0.29) is 23.1 Å². The second-order valence-corrected chi connectivity index (χ2v) is 8.95. The fraction of sp³-hybridized carbons (Fsp3) is 0.609. The molecule has 2 aliphatic heterocycles. The van der Waals surface area contributed by atoms with Gasteiger partial charge in [0.05, 0.1) is 5.03 Å². The summed E-state index contributed by atoms with van der Waals surface area (Å²) in [5, 5.41) is 2.69. The zero-order chi connectivity index (χ0) is 21.9. The smallest absolute Gasteiger partial charge is 0.329 e. The molecule has 7 heteroatoms. The number of carbonyl (C=O) groups is 3. The summed E-state index contributed by atoms with van der Waals surface area (Å²) in [4.78, 5) is 36.4. The van der Waals surface area contributed by atoms with Gasteiger partial charge in [-0.25, -0.2) is 4.79 Å². The van der Waals surface area contributed by atoms with Crippen LogP contribution in [0.25, 0.3) is 0 Å². The molecule has 0 bridgehead atoms. The van der Waals surface area contributed by atoms with Crippen molar-refractivity contribution < 1.29 is 23.9 Å². The topological polar surface area (TPSA) is 85.0 Å². The van der Waals surface area contributed by atoms with Gasteiger partial charge in [-0.2, -0.15) is 0 Å². The Hall–Kier alpha value is -1.92. The van der Waals surface area contributed by atoms with E-state index in [2.05, 4.69) is 25.2 Å². The summed E-state index contributed by atoms with van der Waals surface area (Å²) in [7, 11) is 0. The Bertz CT molecular complexity index is 801. The predicted octanol–water partition coefficient (Wildman–Crippen LogP) is 3.74. The number of carbonyl (C=O) groups excluding carboxylic acids is 3. The van der Waals surface area contributed by atoms with Crippen LogP contribution >= 0.6 is 11.6 Å². The number of hydrogen-bond acceptors (Lipinski definition) is 5. The van der Waals surface area contributed by atoms with Crippen molar-refractivity contribution in [3.63, 3.8) is 0 Å². The van der Waals surface area contributed by atoms with Gasteiger partial charge >= 0.3 is 5.97 Å². The zero-order valence-electron chi connectivity index (χ0n) is 17.8. The molecule has 2 fully saturated rings. The molecule has 0 aromatic heterocycles. The molecule has 0 radical (unpaired) electrons. The van der Waals surface area contributed by atoms with Crippen molar-refractivity contribution in [3.8, 4) is 0 Å². The highest BCUT2D eigenvalue weighted by Gasteiger charge is 2.66. The van der Waals surface area contributed by atoms with E-state index >= 15 is 0 Å². The van der Waals surface area contributed by atoms with Crippen molar-refractivity contribution >= 4 is 29.3 Å². The molecule has 5 atom stereocenters. The fourth-order valence-electron chi connectivity index (χ4n) is 4.17. The number of fused-ring (bicyclic) bond motifs is 2. The van der Waals surface area contributed by atoms with Gasteiger partial charge in [-0.3, -0.25) is 9.59 Å². The lowest BCUT2D eigenvalue weighted by Crippen LogP contribution is -2.41. The number of epoxide rings is 1. The van der Waals surface area contributed by atoms with Crippen LogP contribution in [0.3, 0.4) is 0 Å². The molecule has 0 unspecified atom stereocenters. The highest BCUT2D eigenvalue weighted by Crippen LogP contribution is 2.48. The summed E-state index contributed by atoms with van der Waals surface area (Å²) in [6.45, 7) is 6.34. The van der Waals surface area contributed by atoms with Crippen LogP contribution in [0.4, 0.5) is 0 Å². The first kappa shape index (κ1) is 22.8. The monoisotopic (exact) mass is 435 g/mol. The summed E-state index contributed by atoms with van der Waals surface area (Å²) >= 11 is 5.97. The maximum absolute atomic E-state index is 12.3. The van der Waals surface area contributed by atoms with E-state index in [0.29, 0.717) is 5.92 Å². The molecular weight excluding hydrogens is 406 g/mol. The minimum Gasteiger partial charge on any atom is -0.450 e. The van der Waals surface area contributed by atoms with Crippen LogP contribution in [0, 0.1) is 5.92 Å². The number of rotatable bonds is 9. The van der Waals surface area contributed by atoms with Gasteiger partial charge in [-0.05, 0) is 25.3 Å². The average Bonchev–Trinajstić information content (AvgIpc) is 3.44. The normalized spacial score (nSPS) is 31.5. The van der Waals surface area contributed by atoms with E-state index in [4.69, 9.17) is 21.1 Å². The van der Waals surface area contributed by atoms with Gasteiger partial charge in [0.2, 0.25) is 11.7 Å². The number of allylic oxidation sites excluding steroid dienone is 3. The predicted molar refractivity (Wildman–Crippen MR) is 114 cm³/mol. The van der Waals surface area contributed by atoms with Crippen LogP contribution in [0.15, 0.2) is 34.9 Å². The van der Waals surface area contributed by atoms with Crippen molar-refractivity contribution in [1.82, 2.24) is 5.32 Å². The molecule has 30 heavy (non-hydrogen) atoms. The van der Waals surface area contributed by atoms with E-state index in [9.17, 15) is 14.4 Å². The van der Waals surface area contributed by atoms with Crippen LogP contribution in [0.2, 0.25) is 0 Å². The number of esters is 1. The average molecular weight is 436 g/mol. The molecule has 1 N–H and O–H groups in total. The van der Waals surface area contributed by atoms with Crippen molar-refractivity contribution in [2.45, 2.75) is 83.1 Å². The Morgan fingerprint density at radius 2 is 2.10 bits per heavy atom. The van der Waals surface area contributed by atoms with Gasteiger partial charge in [0.25, 0.3) is 0 Å². The summed E-state index contributed by atoms with van der Waals surface area (Å²) in [6, 6.07) is -0.803. The van der Waals surface area contributed by atoms with Gasteiger partial charge in [0.15, 0.2) is 11.7 Å². The Labute approximate surface area is 182 Å². The van der Waals surface area contributed by atoms with Crippen molar-refractivity contribution in [2.75, 3.05) is 0 Å². The molecule has 3 rings (SSSR count). The third kappa shape index (κ3) is 5.22. The van der Waals surface area contributed by atoms with Crippen molar-refractivity contribution in [2.24, 2.45) is 5.92 Å². The summed E-state index contributed by atoms with van der Waals surface area (Å²) in [5.41, 5.74) is -0.0643. The summed E-state index contributed by atoms with van der Waals surface area (Å²) in [5.74, 6) is -0.751. The van der Waals surface area contributed by atoms with Crippen molar-refractivity contribution in [1.29, 1.82) is 0 Å². The van der Waals surface area contributed by atoms with E-state index in [0.717, 1.165) is 12.0 Å². The first-order valence-corrected chi connectivity index (χ1v) is 11.1. The minimum absolute atomic E-state index is 0.0120. The lowest BCUT2D eigenvalue weighted by atomic mass is 9.86. The molecule has 0 aromatic rings. The van der Waals surface area contributed by atoms with Crippen LogP contribution in [0.1, 0.15) is 59.3 Å². The lowest BCUT2D eigenvalue weighted by molar-refractivity contribution is -0.148. The van der Waals surface area contributed by atoms with Crippen LogP contribution in [0.5, 0.6) is 0 Å². The van der Waals surface area contributed by atoms with Crippen LogP contribution in [-0.2, 0) is 23.9 Å². The summed E-state index contributed by atoms with van der Waals surface area (Å²) in [6.07, 6.45) is 11.9. The highest BCUT2D eigenvalue weighted by atomic mass is 35.5. The van der Waals surface area contributed by atoms with Gasteiger partial charge in [0, 0.05) is 12.5 Å². The van der Waals surface area contributed by atoms with E-state index in [1.54, 1.807) is 6.08 Å². The molecule has 2 saturated heterocycles. The van der Waals surface area contributed by atoms with Gasteiger partial charge in [0.1, 0.15) is 12.1 Å². The molecule has 2 heterocycles. The van der Waals surface area contributed by atoms with Gasteiger partial charge in [-0.1, -0.05) is 68.9 Å². The number of halogens is 1. The molecule has 6 nitrogen and oxygen atoms in total. The van der Waals surface area contributed by atoms with Gasteiger partial charge < -0.3 is 14.8 Å². The first-order chi connectivity index (χ1) is 14.3. The molecule has 164 valence electrons. The summed E-state index contributed by atoms with van der Waals surface area (Å²) < 4.78 is 10.8. The Balaban J connectivity index is 1.51. The standard InChI is InChI=1S/C23H30ClNO5/c1-4-5-6-7-8-14(2)11-15(3)9-10-18(26)25-17-13-23(30-22(17)28)12-16(24)19(27)20-21(23)29-20/h9-12,14,17,20-21H,4-8,13H2,1-3H3,(H,25,26)/b10-9+,15-11+/t14-,17+,20+,21+,23+/m1/s1. The number of ether oxygens (including phenoxy) is 2. The molecule has 1 aliphatic carbocycles. The third-order valence-corrected chi connectivity index (χ3v) is 6.11. The number of hydrogen-bond donors (Lipinski definition) is 1. The molecular formula is C23H30ClNO5. The highest BCUT2D eigenvalue weighted by molar-refractivity contribution is 6.44. The Morgan fingerprint density at radius 3 is 2.83 bits per heavy atom. The van der Waals surface area contributed by atoms with Crippen molar-refractivity contribution in [3.05, 3.63) is 34.9 Å². The molecule has 0 aromatic carbocycles. The third-order valence-electron chi connectivity index (χ3n) is 5.81. The minimum atomic E-state index is -1.07. The second kappa shape index (κ2) is 9.48. The largest absolute Gasteiger partial charge is 0.450 e. The molecule has 1 amide bonds. The number of ketones is 1. The Kier molecular flexibility index (Phi) is 7.19. The van der Waals surface area contributed by atoms with Crippen LogP contribution in [-0.4, -0.2) is 41.5 Å². The van der Waals surface area contributed by atoms with Gasteiger partial charge in [-0.15, -0.1) is 0 Å². The fourth-order valence-corrected chi connectivity index (χ4v) is 4.46. The molecule has 3 aliphatic rings. The zero-order valence-corrected chi connectivity index (χ0v) is 18.5. The maximum atomic E-state index is 12.3.